The number of likely N-dealkylation sites (N-methyl/N-ethyl adjacent to an activating group) is 1. The number of carbonyl (C=O) groups is 1. The highest BCUT2D eigenvalue weighted by molar-refractivity contribution is 5.80. The van der Waals surface area contributed by atoms with Gasteiger partial charge in [-0.25, -0.2) is 0 Å². The third kappa shape index (κ3) is 1.93. The summed E-state index contributed by atoms with van der Waals surface area (Å²) < 4.78 is 0. The van der Waals surface area contributed by atoms with Crippen LogP contribution >= 0.6 is 0 Å². The molecule has 0 saturated carbocycles. The van der Waals surface area contributed by atoms with Crippen molar-refractivity contribution in [2.24, 2.45) is 5.73 Å². The number of hydrogen-bond acceptors (Lipinski definition) is 2. The van der Waals surface area contributed by atoms with Crippen molar-refractivity contribution in [1.29, 1.82) is 0 Å². The number of likely N-dealkylation sites (tertiary alicyclic amines) is 1. The zero-order chi connectivity index (χ0) is 8.27. The Bertz CT molecular complexity index is 147. The number of piperidine rings is 1. The largest absolute Gasteiger partial charge is 0.368 e. The molecule has 0 aromatic rings. The number of primary amides is 1. The Labute approximate surface area is 67.5 Å². The summed E-state index contributed by atoms with van der Waals surface area (Å²) in [5.74, 6) is -0.192. The van der Waals surface area contributed by atoms with Gasteiger partial charge in [-0.1, -0.05) is 6.92 Å². The van der Waals surface area contributed by atoms with Gasteiger partial charge in [0.25, 0.3) is 0 Å². The zero-order valence-electron chi connectivity index (χ0n) is 6.92. The molecule has 1 atom stereocenters. The zero-order valence-corrected chi connectivity index (χ0v) is 6.92. The van der Waals surface area contributed by atoms with Gasteiger partial charge >= 0.3 is 0 Å². The summed E-state index contributed by atoms with van der Waals surface area (Å²) in [5, 5.41) is 0. The van der Waals surface area contributed by atoms with Crippen molar-refractivity contribution in [3.05, 3.63) is 6.42 Å². The monoisotopic (exact) mass is 155 g/mol. The Hall–Kier alpha value is -0.570. The Kier molecular flexibility index (Phi) is 2.88. The van der Waals surface area contributed by atoms with Crippen LogP contribution in [0.1, 0.15) is 19.8 Å². The molecule has 1 fully saturated rings. The maximum Gasteiger partial charge on any atom is 0.234 e. The molecular formula is C8H15N2O. The molecule has 3 heteroatoms. The fraction of sp³-hybridized carbons (Fsp3) is 0.750. The van der Waals surface area contributed by atoms with E-state index < -0.39 is 0 Å². The number of carbonyl (C=O) groups excluding carboxylic acids is 1. The number of nitrogens with zero attached hydrogens (tertiary/aromatic N) is 1. The summed E-state index contributed by atoms with van der Waals surface area (Å²) in [7, 11) is 0. The maximum atomic E-state index is 10.9. The summed E-state index contributed by atoms with van der Waals surface area (Å²) in [6, 6.07) is -0.0475. The minimum absolute atomic E-state index is 0.0475. The van der Waals surface area contributed by atoms with Gasteiger partial charge in [-0.3, -0.25) is 9.69 Å². The van der Waals surface area contributed by atoms with Gasteiger partial charge < -0.3 is 5.73 Å². The second kappa shape index (κ2) is 3.72. The summed E-state index contributed by atoms with van der Waals surface area (Å²) in [4.78, 5) is 13.0. The average Bonchev–Trinajstić information content (AvgIpc) is 2.04. The van der Waals surface area contributed by atoms with Crippen LogP contribution < -0.4 is 5.73 Å². The first-order valence-corrected chi connectivity index (χ1v) is 4.10. The highest BCUT2D eigenvalue weighted by Gasteiger charge is 2.24. The molecular weight excluding hydrogens is 140 g/mol. The van der Waals surface area contributed by atoms with E-state index in [-0.39, 0.29) is 11.9 Å². The van der Waals surface area contributed by atoms with Gasteiger partial charge in [0.05, 0.1) is 6.04 Å². The molecule has 1 aliphatic rings. The molecule has 0 aromatic carbocycles. The molecule has 1 heterocycles. The summed E-state index contributed by atoms with van der Waals surface area (Å²) >= 11 is 0. The molecule has 1 amide bonds. The first kappa shape index (κ1) is 8.53. The molecule has 0 spiro atoms. The molecule has 3 nitrogen and oxygen atoms in total. The number of hydrogen-bond donors (Lipinski definition) is 1. The van der Waals surface area contributed by atoms with Gasteiger partial charge in [0, 0.05) is 0 Å². The number of amides is 1. The van der Waals surface area contributed by atoms with Crippen LogP contribution in [-0.2, 0) is 4.79 Å². The Morgan fingerprint density at radius 2 is 2.55 bits per heavy atom. The quantitative estimate of drug-likeness (QED) is 0.617. The molecule has 0 aliphatic carbocycles. The fourth-order valence-electron chi connectivity index (χ4n) is 1.51. The van der Waals surface area contributed by atoms with E-state index in [0.717, 1.165) is 25.9 Å². The maximum absolute atomic E-state index is 10.9. The highest BCUT2D eigenvalue weighted by atomic mass is 16.1. The Morgan fingerprint density at radius 1 is 1.82 bits per heavy atom. The Morgan fingerprint density at radius 3 is 3.00 bits per heavy atom. The minimum Gasteiger partial charge on any atom is -0.368 e. The molecule has 1 aliphatic heterocycles. The molecule has 63 valence electrons. The standard InChI is InChI=1S/C8H15N2O/c1-2-10-6-4-3-5-7(10)8(9)11/h3,7H,2,4-6H2,1H3,(H2,9,11). The number of nitrogens with two attached hydrogens (primary N) is 1. The van der Waals surface area contributed by atoms with Gasteiger partial charge in [-0.15, -0.1) is 0 Å². The third-order valence-electron chi connectivity index (χ3n) is 2.19. The average molecular weight is 155 g/mol. The lowest BCUT2D eigenvalue weighted by Gasteiger charge is -2.32. The van der Waals surface area contributed by atoms with Crippen LogP contribution in [0.2, 0.25) is 0 Å². The number of rotatable bonds is 2. The lowest BCUT2D eigenvalue weighted by molar-refractivity contribution is -0.123. The molecule has 2 N–H and O–H groups in total. The predicted molar refractivity (Wildman–Crippen MR) is 43.8 cm³/mol. The van der Waals surface area contributed by atoms with E-state index >= 15 is 0 Å². The topological polar surface area (TPSA) is 46.3 Å². The molecule has 0 aromatic heterocycles. The minimum atomic E-state index is -0.192. The van der Waals surface area contributed by atoms with E-state index in [4.69, 9.17) is 5.73 Å². The smallest absolute Gasteiger partial charge is 0.234 e. The molecule has 1 saturated heterocycles. The second-order valence-corrected chi connectivity index (χ2v) is 2.86. The molecule has 1 unspecified atom stereocenters. The van der Waals surface area contributed by atoms with Crippen LogP contribution in [0, 0.1) is 6.42 Å². The van der Waals surface area contributed by atoms with Crippen LogP contribution in [0.15, 0.2) is 0 Å². The van der Waals surface area contributed by atoms with Crippen LogP contribution in [-0.4, -0.2) is 29.9 Å². The summed E-state index contributed by atoms with van der Waals surface area (Å²) in [6.45, 7) is 3.95. The summed E-state index contributed by atoms with van der Waals surface area (Å²) in [6.07, 6.45) is 4.04. The van der Waals surface area contributed by atoms with Gasteiger partial charge in [0.15, 0.2) is 0 Å². The van der Waals surface area contributed by atoms with Crippen LogP contribution in [0.4, 0.5) is 0 Å². The van der Waals surface area contributed by atoms with Crippen molar-refractivity contribution in [2.45, 2.75) is 25.8 Å². The molecule has 0 bridgehead atoms. The third-order valence-corrected chi connectivity index (χ3v) is 2.19. The second-order valence-electron chi connectivity index (χ2n) is 2.86. The van der Waals surface area contributed by atoms with Gasteiger partial charge in [-0.05, 0) is 32.4 Å². The van der Waals surface area contributed by atoms with Gasteiger partial charge in [-0.2, -0.15) is 0 Å². The molecule has 1 radical (unpaired) electrons. The van der Waals surface area contributed by atoms with E-state index in [1.807, 2.05) is 0 Å². The normalized spacial score (nSPS) is 26.8. The van der Waals surface area contributed by atoms with Crippen LogP contribution in [0.25, 0.3) is 0 Å². The van der Waals surface area contributed by atoms with E-state index in [0.29, 0.717) is 0 Å². The van der Waals surface area contributed by atoms with Crippen LogP contribution in [0.3, 0.4) is 0 Å². The van der Waals surface area contributed by atoms with E-state index in [1.54, 1.807) is 0 Å². The van der Waals surface area contributed by atoms with Crippen molar-refractivity contribution in [2.75, 3.05) is 13.1 Å². The van der Waals surface area contributed by atoms with Crippen molar-refractivity contribution in [3.8, 4) is 0 Å². The molecule has 1 rings (SSSR count). The van der Waals surface area contributed by atoms with Gasteiger partial charge in [0.2, 0.25) is 5.91 Å². The highest BCUT2D eigenvalue weighted by Crippen LogP contribution is 2.14. The van der Waals surface area contributed by atoms with E-state index in [1.165, 1.54) is 0 Å². The van der Waals surface area contributed by atoms with Crippen molar-refractivity contribution in [3.63, 3.8) is 0 Å². The van der Waals surface area contributed by atoms with Crippen LogP contribution in [0.5, 0.6) is 0 Å². The van der Waals surface area contributed by atoms with E-state index in [9.17, 15) is 4.79 Å². The first-order chi connectivity index (χ1) is 5.25. The van der Waals surface area contributed by atoms with Crippen molar-refractivity contribution >= 4 is 5.91 Å². The lowest BCUT2D eigenvalue weighted by Crippen LogP contribution is -2.47. The van der Waals surface area contributed by atoms with E-state index in [2.05, 4.69) is 18.2 Å². The molecule has 11 heavy (non-hydrogen) atoms. The summed E-state index contributed by atoms with van der Waals surface area (Å²) in [5.41, 5.74) is 5.23. The van der Waals surface area contributed by atoms with Crippen molar-refractivity contribution in [1.82, 2.24) is 4.90 Å². The SMILES string of the molecule is CCN1CC[CH]CC1C(N)=O. The first-order valence-electron chi connectivity index (χ1n) is 4.10. The fourth-order valence-corrected chi connectivity index (χ4v) is 1.51. The predicted octanol–water partition coefficient (Wildman–Crippen LogP) is 0.160. The van der Waals surface area contributed by atoms with Crippen molar-refractivity contribution < 1.29 is 4.79 Å². The van der Waals surface area contributed by atoms with Gasteiger partial charge in [0.1, 0.15) is 0 Å². The Balaban J connectivity index is 2.51. The lowest BCUT2D eigenvalue weighted by atomic mass is 10.0.